The number of fused-ring (bicyclic) bond motifs is 3. The number of benzene rings is 7. The maximum Gasteiger partial charge on any atom is 0.0541 e. The van der Waals surface area contributed by atoms with Crippen LogP contribution in [0, 0.1) is 6.92 Å². The molecule has 0 saturated carbocycles. The van der Waals surface area contributed by atoms with E-state index in [0.717, 1.165) is 11.3 Å². The molecular formula is C46H32N2. The number of aromatic nitrogens is 2. The van der Waals surface area contributed by atoms with Gasteiger partial charge in [-0.25, -0.2) is 0 Å². The highest BCUT2D eigenvalue weighted by Crippen LogP contribution is 2.42. The van der Waals surface area contributed by atoms with Crippen LogP contribution in [0.4, 0.5) is 0 Å². The van der Waals surface area contributed by atoms with Crippen molar-refractivity contribution in [3.8, 4) is 39.1 Å². The first kappa shape index (κ1) is 28.0. The Morgan fingerprint density at radius 3 is 1.85 bits per heavy atom. The van der Waals surface area contributed by atoms with Crippen LogP contribution in [0.1, 0.15) is 5.56 Å². The average Bonchev–Trinajstić information content (AvgIpc) is 3.48. The van der Waals surface area contributed by atoms with Crippen molar-refractivity contribution < 1.29 is 0 Å². The lowest BCUT2D eigenvalue weighted by Crippen LogP contribution is -2.04. The summed E-state index contributed by atoms with van der Waals surface area (Å²) in [5.74, 6) is 0. The molecule has 9 aromatic rings. The lowest BCUT2D eigenvalue weighted by molar-refractivity contribution is 1.18. The molecule has 0 N–H and O–H groups in total. The molecule has 0 amide bonds. The van der Waals surface area contributed by atoms with Crippen LogP contribution in [0.15, 0.2) is 165 Å². The Morgan fingerprint density at radius 1 is 0.521 bits per heavy atom. The third kappa shape index (κ3) is 4.38. The number of nitrogens with zero attached hydrogens (tertiary/aromatic N) is 2. The summed E-state index contributed by atoms with van der Waals surface area (Å²) in [4.78, 5) is 4.20. The van der Waals surface area contributed by atoms with Crippen molar-refractivity contribution >= 4 is 49.4 Å². The summed E-state index contributed by atoms with van der Waals surface area (Å²) in [6.07, 6.45) is 7.71. The van der Waals surface area contributed by atoms with Crippen LogP contribution < -0.4 is 5.22 Å². The Bertz CT molecular complexity index is 2680. The number of pyridine rings is 1. The molecule has 226 valence electrons. The van der Waals surface area contributed by atoms with Gasteiger partial charge >= 0.3 is 0 Å². The van der Waals surface area contributed by atoms with Crippen molar-refractivity contribution in [2.24, 2.45) is 0 Å². The fraction of sp³-hybridized carbons (Fsp3) is 0.0217. The van der Waals surface area contributed by atoms with Gasteiger partial charge in [-0.05, 0) is 115 Å². The molecule has 0 bridgehead atoms. The van der Waals surface area contributed by atoms with Gasteiger partial charge in [-0.2, -0.15) is 0 Å². The van der Waals surface area contributed by atoms with Gasteiger partial charge in [0.15, 0.2) is 0 Å². The predicted molar refractivity (Wildman–Crippen MR) is 205 cm³/mol. The van der Waals surface area contributed by atoms with Crippen LogP contribution in [0.3, 0.4) is 0 Å². The summed E-state index contributed by atoms with van der Waals surface area (Å²) >= 11 is 0. The number of para-hydroxylation sites is 2. The molecule has 0 unspecified atom stereocenters. The summed E-state index contributed by atoms with van der Waals surface area (Å²) in [5.41, 5.74) is 12.0. The Morgan fingerprint density at radius 2 is 1.15 bits per heavy atom. The molecule has 0 saturated heterocycles. The third-order valence-electron chi connectivity index (χ3n) is 9.77. The van der Waals surface area contributed by atoms with Crippen LogP contribution in [0.5, 0.6) is 0 Å². The Hall–Kier alpha value is -6.25. The summed E-state index contributed by atoms with van der Waals surface area (Å²) in [7, 11) is 0. The second-order valence-electron chi connectivity index (χ2n) is 12.5. The minimum Gasteiger partial charge on any atom is -0.309 e. The zero-order valence-electron chi connectivity index (χ0n) is 26.7. The molecule has 7 aromatic carbocycles. The topological polar surface area (TPSA) is 17.8 Å². The highest BCUT2D eigenvalue weighted by molar-refractivity contribution is 6.21. The van der Waals surface area contributed by atoms with E-state index in [2.05, 4.69) is 169 Å². The minimum absolute atomic E-state index is 1.15. The van der Waals surface area contributed by atoms with E-state index in [1.54, 1.807) is 0 Å². The van der Waals surface area contributed by atoms with Gasteiger partial charge in [0.1, 0.15) is 0 Å². The van der Waals surface area contributed by atoms with Crippen molar-refractivity contribution in [3.63, 3.8) is 0 Å². The predicted octanol–water partition coefficient (Wildman–Crippen LogP) is 11.5. The van der Waals surface area contributed by atoms with Crippen LogP contribution in [-0.4, -0.2) is 9.55 Å². The molecule has 2 nitrogen and oxygen atoms in total. The largest absolute Gasteiger partial charge is 0.309 e. The smallest absolute Gasteiger partial charge is 0.0541 e. The minimum atomic E-state index is 1.15. The average molecular weight is 613 g/mol. The van der Waals surface area contributed by atoms with E-state index in [1.165, 1.54) is 82.0 Å². The van der Waals surface area contributed by atoms with Gasteiger partial charge in [0.25, 0.3) is 0 Å². The van der Waals surface area contributed by atoms with Crippen LogP contribution >= 0.6 is 0 Å². The Balaban J connectivity index is 1.32. The lowest BCUT2D eigenvalue weighted by Gasteiger charge is -2.18. The quantitative estimate of drug-likeness (QED) is 0.189. The first-order chi connectivity index (χ1) is 23.7. The first-order valence-electron chi connectivity index (χ1n) is 16.4. The zero-order valence-corrected chi connectivity index (χ0v) is 26.7. The zero-order chi connectivity index (χ0) is 32.2. The molecule has 0 aliphatic heterocycles. The molecular weight excluding hydrogens is 581 g/mol. The van der Waals surface area contributed by atoms with Crippen LogP contribution in [0.2, 0.25) is 0 Å². The molecule has 0 spiro atoms. The SMILES string of the molecule is C=C/C=c1/ccc2c(-c3cccc(-n4c5ccccc5c5ccccc54)c3)cc(-c3ccc(-c4ccncc4)cc3)c3ccc(C)c1c32. The van der Waals surface area contributed by atoms with Gasteiger partial charge in [0, 0.05) is 28.9 Å². The van der Waals surface area contributed by atoms with Crippen LogP contribution in [-0.2, 0) is 0 Å². The molecule has 2 heterocycles. The summed E-state index contributed by atoms with van der Waals surface area (Å²) in [6, 6.07) is 51.0. The van der Waals surface area contributed by atoms with Gasteiger partial charge in [-0.15, -0.1) is 0 Å². The highest BCUT2D eigenvalue weighted by Gasteiger charge is 2.18. The number of hydrogen-bond acceptors (Lipinski definition) is 1. The molecule has 0 radical (unpaired) electrons. The van der Waals surface area contributed by atoms with Gasteiger partial charge in [-0.1, -0.05) is 116 Å². The van der Waals surface area contributed by atoms with Gasteiger partial charge < -0.3 is 4.57 Å². The van der Waals surface area contributed by atoms with Gasteiger partial charge in [0.2, 0.25) is 0 Å². The second kappa shape index (κ2) is 11.2. The summed E-state index contributed by atoms with van der Waals surface area (Å²) in [5, 5.41) is 8.79. The molecule has 0 aliphatic carbocycles. The maximum absolute atomic E-state index is 4.20. The number of hydrogen-bond donors (Lipinski definition) is 0. The maximum atomic E-state index is 4.20. The van der Waals surface area contributed by atoms with E-state index in [4.69, 9.17) is 0 Å². The van der Waals surface area contributed by atoms with Crippen molar-refractivity contribution in [3.05, 3.63) is 175 Å². The first-order valence-corrected chi connectivity index (χ1v) is 16.4. The van der Waals surface area contributed by atoms with Crippen molar-refractivity contribution in [1.82, 2.24) is 9.55 Å². The van der Waals surface area contributed by atoms with E-state index in [1.807, 2.05) is 18.5 Å². The lowest BCUT2D eigenvalue weighted by atomic mass is 9.85. The molecule has 0 aliphatic rings. The second-order valence-corrected chi connectivity index (χ2v) is 12.5. The number of aryl methyl sites for hydroxylation is 1. The Kier molecular flexibility index (Phi) is 6.55. The molecule has 48 heavy (non-hydrogen) atoms. The van der Waals surface area contributed by atoms with E-state index >= 15 is 0 Å². The molecule has 9 rings (SSSR count). The highest BCUT2D eigenvalue weighted by atomic mass is 15.0. The van der Waals surface area contributed by atoms with Gasteiger partial charge in [-0.3, -0.25) is 4.98 Å². The van der Waals surface area contributed by atoms with Crippen molar-refractivity contribution in [2.45, 2.75) is 6.92 Å². The van der Waals surface area contributed by atoms with Crippen molar-refractivity contribution in [2.75, 3.05) is 0 Å². The standard InChI is InChI=1S/C46H32N2/c1-3-9-34-21-23-40-42(35-10-8-11-36(28-35)48-43-14-6-4-12-37(43)38-13-5-7-15-44(38)48)29-41(39-22-16-30(2)45(34)46(39)40)33-19-17-31(18-20-33)32-24-26-47-27-25-32/h3-29H,1H2,2H3/b34-9-. The monoisotopic (exact) mass is 612 g/mol. The Labute approximate surface area is 279 Å². The molecule has 0 fully saturated rings. The van der Waals surface area contributed by atoms with Crippen molar-refractivity contribution in [1.29, 1.82) is 0 Å². The normalized spacial score (nSPS) is 12.1. The van der Waals surface area contributed by atoms with E-state index < -0.39 is 0 Å². The molecule has 2 heteroatoms. The fourth-order valence-electron chi connectivity index (χ4n) is 7.59. The fourth-order valence-corrected chi connectivity index (χ4v) is 7.59. The summed E-state index contributed by atoms with van der Waals surface area (Å²) < 4.78 is 2.40. The van der Waals surface area contributed by atoms with E-state index in [-0.39, 0.29) is 0 Å². The van der Waals surface area contributed by atoms with Gasteiger partial charge in [0.05, 0.1) is 11.0 Å². The molecule has 0 atom stereocenters. The van der Waals surface area contributed by atoms with E-state index in [9.17, 15) is 0 Å². The number of rotatable bonds is 5. The summed E-state index contributed by atoms with van der Waals surface area (Å²) in [6.45, 7) is 6.24. The molecule has 2 aromatic heterocycles. The van der Waals surface area contributed by atoms with E-state index in [0.29, 0.717) is 0 Å². The third-order valence-corrected chi connectivity index (χ3v) is 9.77. The van der Waals surface area contributed by atoms with Crippen LogP contribution in [0.25, 0.3) is 88.5 Å². The number of allylic oxidation sites excluding steroid dienone is 1.